The predicted octanol–water partition coefficient (Wildman–Crippen LogP) is 6.09. The lowest BCUT2D eigenvalue weighted by Crippen LogP contribution is -2.28. The summed E-state index contributed by atoms with van der Waals surface area (Å²) in [7, 11) is 0. The summed E-state index contributed by atoms with van der Waals surface area (Å²) >= 11 is 3.33. The number of rotatable bonds is 3. The Morgan fingerprint density at radius 2 is 1.76 bits per heavy atom. The van der Waals surface area contributed by atoms with E-state index in [0.29, 0.717) is 16.1 Å². The van der Waals surface area contributed by atoms with Crippen LogP contribution in [0.25, 0.3) is 0 Å². The van der Waals surface area contributed by atoms with Crippen LogP contribution in [0.4, 0.5) is 18.9 Å². The van der Waals surface area contributed by atoms with E-state index in [9.17, 15) is 13.2 Å². The van der Waals surface area contributed by atoms with Gasteiger partial charge >= 0.3 is 6.18 Å². The van der Waals surface area contributed by atoms with Crippen molar-refractivity contribution in [2.24, 2.45) is 11.8 Å². The molecular weight excluding hydrogens is 343 g/mol. The van der Waals surface area contributed by atoms with Crippen molar-refractivity contribution in [1.29, 1.82) is 0 Å². The molecule has 1 aliphatic rings. The lowest BCUT2D eigenvalue weighted by molar-refractivity contribution is -0.137. The van der Waals surface area contributed by atoms with Crippen molar-refractivity contribution < 1.29 is 13.2 Å². The second-order valence-corrected chi connectivity index (χ2v) is 7.05. The van der Waals surface area contributed by atoms with Crippen molar-refractivity contribution >= 4 is 21.6 Å². The molecule has 1 fully saturated rings. The highest BCUT2D eigenvalue weighted by Gasteiger charge is 2.31. The normalized spacial score (nSPS) is 23.4. The third-order valence-corrected chi connectivity index (χ3v) is 5.06. The highest BCUT2D eigenvalue weighted by atomic mass is 79.9. The maximum Gasteiger partial charge on any atom is 0.416 e. The summed E-state index contributed by atoms with van der Waals surface area (Å²) in [5.74, 6) is 1.43. The fourth-order valence-corrected chi connectivity index (χ4v) is 3.32. The van der Waals surface area contributed by atoms with E-state index >= 15 is 0 Å². The van der Waals surface area contributed by atoms with Crippen LogP contribution in [0.15, 0.2) is 22.7 Å². The Morgan fingerprint density at radius 3 is 2.29 bits per heavy atom. The van der Waals surface area contributed by atoms with Crippen LogP contribution in [0.2, 0.25) is 0 Å². The van der Waals surface area contributed by atoms with Crippen molar-refractivity contribution in [1.82, 2.24) is 0 Å². The highest BCUT2D eigenvalue weighted by Crippen LogP contribution is 2.36. The van der Waals surface area contributed by atoms with E-state index in [1.165, 1.54) is 12.1 Å². The van der Waals surface area contributed by atoms with Crippen molar-refractivity contribution in [3.05, 3.63) is 28.2 Å². The maximum absolute atomic E-state index is 12.8. The minimum atomic E-state index is -4.30. The molecule has 0 unspecified atom stereocenters. The van der Waals surface area contributed by atoms with Crippen molar-refractivity contribution in [3.8, 4) is 0 Å². The molecule has 1 aromatic carbocycles. The van der Waals surface area contributed by atoms with Gasteiger partial charge in [-0.1, -0.05) is 13.8 Å². The Kier molecular flexibility index (Phi) is 5.23. The number of hydrogen-bond acceptors (Lipinski definition) is 1. The van der Waals surface area contributed by atoms with E-state index in [2.05, 4.69) is 35.1 Å². The van der Waals surface area contributed by atoms with Crippen LogP contribution in [0.5, 0.6) is 0 Å². The van der Waals surface area contributed by atoms with Crippen LogP contribution in [0, 0.1) is 11.8 Å². The summed E-state index contributed by atoms with van der Waals surface area (Å²) in [4.78, 5) is 0. The molecular formula is C16H21BrF3N. The van der Waals surface area contributed by atoms with Crippen LogP contribution >= 0.6 is 15.9 Å². The minimum absolute atomic E-state index is 0.264. The van der Waals surface area contributed by atoms with Crippen molar-refractivity contribution in [3.63, 3.8) is 0 Å². The van der Waals surface area contributed by atoms with Crippen LogP contribution < -0.4 is 5.32 Å². The van der Waals surface area contributed by atoms with E-state index < -0.39 is 11.7 Å². The van der Waals surface area contributed by atoms with Gasteiger partial charge in [-0.2, -0.15) is 13.2 Å². The van der Waals surface area contributed by atoms with E-state index in [0.717, 1.165) is 37.7 Å². The molecule has 21 heavy (non-hydrogen) atoms. The first-order valence-corrected chi connectivity index (χ1v) is 8.20. The van der Waals surface area contributed by atoms with Gasteiger partial charge in [0, 0.05) is 16.2 Å². The van der Waals surface area contributed by atoms with Crippen molar-refractivity contribution in [2.45, 2.75) is 51.7 Å². The standard InChI is InChI=1S/C16H21BrF3N/c1-10(2)11-3-6-13(7-4-11)21-15-9-12(16(18,19)20)5-8-14(15)17/h5,8-11,13,21H,3-4,6-7H2,1-2H3. The number of halogens is 4. The third-order valence-electron chi connectivity index (χ3n) is 4.37. The molecule has 0 atom stereocenters. The molecule has 1 aliphatic carbocycles. The zero-order chi connectivity index (χ0) is 15.6. The quantitative estimate of drug-likeness (QED) is 0.684. The molecule has 0 amide bonds. The fourth-order valence-electron chi connectivity index (χ4n) is 2.96. The topological polar surface area (TPSA) is 12.0 Å². The minimum Gasteiger partial charge on any atom is -0.381 e. The first-order valence-electron chi connectivity index (χ1n) is 7.40. The van der Waals surface area contributed by atoms with Gasteiger partial charge < -0.3 is 5.32 Å². The largest absolute Gasteiger partial charge is 0.416 e. The predicted molar refractivity (Wildman–Crippen MR) is 83.4 cm³/mol. The number of benzene rings is 1. The Morgan fingerprint density at radius 1 is 1.14 bits per heavy atom. The van der Waals surface area contributed by atoms with E-state index in [-0.39, 0.29) is 6.04 Å². The molecule has 0 heterocycles. The van der Waals surface area contributed by atoms with E-state index in [1.54, 1.807) is 0 Å². The van der Waals surface area contributed by atoms with E-state index in [1.807, 2.05) is 0 Å². The summed E-state index contributed by atoms with van der Waals surface area (Å²) in [5.41, 5.74) is -0.0677. The molecule has 0 spiro atoms. The van der Waals surface area contributed by atoms with Gasteiger partial charge in [-0.05, 0) is 71.6 Å². The number of anilines is 1. The number of hydrogen-bond donors (Lipinski definition) is 1. The maximum atomic E-state index is 12.8. The molecule has 2 rings (SSSR count). The van der Waals surface area contributed by atoms with E-state index in [4.69, 9.17) is 0 Å². The molecule has 5 heteroatoms. The molecule has 0 aliphatic heterocycles. The summed E-state index contributed by atoms with van der Waals surface area (Å²) in [6.45, 7) is 4.48. The van der Waals surface area contributed by atoms with Crippen LogP contribution in [0.1, 0.15) is 45.1 Å². The first kappa shape index (κ1) is 16.7. The summed E-state index contributed by atoms with van der Waals surface area (Å²) in [6, 6.07) is 4.02. The van der Waals surface area contributed by atoms with Crippen LogP contribution in [0.3, 0.4) is 0 Å². The third kappa shape index (κ3) is 4.38. The van der Waals surface area contributed by atoms with Gasteiger partial charge in [0.2, 0.25) is 0 Å². The smallest absolute Gasteiger partial charge is 0.381 e. The SMILES string of the molecule is CC(C)C1CCC(Nc2cc(C(F)(F)F)ccc2Br)CC1. The Bertz CT molecular complexity index is 477. The van der Waals surface area contributed by atoms with Gasteiger partial charge in [0.05, 0.1) is 5.56 Å². The first-order chi connectivity index (χ1) is 9.77. The zero-order valence-electron chi connectivity index (χ0n) is 12.3. The fraction of sp³-hybridized carbons (Fsp3) is 0.625. The molecule has 1 nitrogen and oxygen atoms in total. The molecule has 0 aromatic heterocycles. The van der Waals surface area contributed by atoms with Gasteiger partial charge in [-0.3, -0.25) is 0 Å². The Labute approximate surface area is 132 Å². The summed E-state index contributed by atoms with van der Waals surface area (Å²) in [6.07, 6.45) is 0.0291. The number of nitrogens with one attached hydrogen (secondary N) is 1. The Balaban J connectivity index is 2.03. The van der Waals surface area contributed by atoms with Gasteiger partial charge in [-0.15, -0.1) is 0 Å². The zero-order valence-corrected chi connectivity index (χ0v) is 13.9. The number of alkyl halides is 3. The van der Waals surface area contributed by atoms with Gasteiger partial charge in [0.25, 0.3) is 0 Å². The van der Waals surface area contributed by atoms with Gasteiger partial charge in [-0.25, -0.2) is 0 Å². The molecule has 0 saturated heterocycles. The molecule has 1 N–H and O–H groups in total. The lowest BCUT2D eigenvalue weighted by atomic mass is 9.79. The molecule has 0 bridgehead atoms. The lowest BCUT2D eigenvalue weighted by Gasteiger charge is -2.32. The van der Waals surface area contributed by atoms with Gasteiger partial charge in [0.15, 0.2) is 0 Å². The van der Waals surface area contributed by atoms with Crippen LogP contribution in [-0.4, -0.2) is 6.04 Å². The van der Waals surface area contributed by atoms with Gasteiger partial charge in [0.1, 0.15) is 0 Å². The average Bonchev–Trinajstić information content (AvgIpc) is 2.40. The second kappa shape index (κ2) is 6.59. The molecule has 1 aromatic rings. The monoisotopic (exact) mass is 363 g/mol. The molecule has 1 saturated carbocycles. The van der Waals surface area contributed by atoms with Crippen molar-refractivity contribution in [2.75, 3.05) is 5.32 Å². The Hall–Kier alpha value is -0.710. The average molecular weight is 364 g/mol. The molecule has 0 radical (unpaired) electrons. The second-order valence-electron chi connectivity index (χ2n) is 6.19. The molecule has 118 valence electrons. The summed E-state index contributed by atoms with van der Waals surface area (Å²) in [5, 5.41) is 3.27. The highest BCUT2D eigenvalue weighted by molar-refractivity contribution is 9.10. The van der Waals surface area contributed by atoms with Crippen LogP contribution in [-0.2, 0) is 6.18 Å². The summed E-state index contributed by atoms with van der Waals surface area (Å²) < 4.78 is 39.0.